The summed E-state index contributed by atoms with van der Waals surface area (Å²) in [5.74, 6) is -0.370. The van der Waals surface area contributed by atoms with Gasteiger partial charge in [-0.25, -0.2) is 0 Å². The van der Waals surface area contributed by atoms with Gasteiger partial charge in [0.2, 0.25) is 5.91 Å². The predicted molar refractivity (Wildman–Crippen MR) is 65.8 cm³/mol. The molecule has 1 aromatic rings. The first-order valence-corrected chi connectivity index (χ1v) is 6.00. The second kappa shape index (κ2) is 5.07. The van der Waals surface area contributed by atoms with E-state index >= 15 is 0 Å². The molecular formula is C11H17N5O2. The minimum Gasteiger partial charge on any atom is -0.396 e. The average Bonchev–Trinajstić information content (AvgIpc) is 2.58. The molecule has 1 aliphatic heterocycles. The highest BCUT2D eigenvalue weighted by molar-refractivity contribution is 5.99. The molecule has 0 aliphatic carbocycles. The molecule has 1 fully saturated rings. The highest BCUT2D eigenvalue weighted by atomic mass is 16.2. The van der Waals surface area contributed by atoms with E-state index in [1.807, 2.05) is 6.92 Å². The van der Waals surface area contributed by atoms with Gasteiger partial charge in [0.15, 0.2) is 0 Å². The third-order valence-corrected chi connectivity index (χ3v) is 2.92. The highest BCUT2D eigenvalue weighted by Crippen LogP contribution is 2.14. The van der Waals surface area contributed by atoms with E-state index in [4.69, 9.17) is 5.73 Å². The molecule has 0 radical (unpaired) electrons. The Balaban J connectivity index is 2.24. The van der Waals surface area contributed by atoms with Crippen molar-refractivity contribution in [1.29, 1.82) is 0 Å². The Hall–Kier alpha value is -2.05. The number of aromatic nitrogens is 2. The molecule has 98 valence electrons. The normalized spacial score (nSPS) is 16.3. The Labute approximate surface area is 105 Å². The van der Waals surface area contributed by atoms with Gasteiger partial charge in [0.25, 0.3) is 5.91 Å². The number of carbonyl (C=O) groups is 2. The highest BCUT2D eigenvalue weighted by Gasteiger charge is 2.25. The van der Waals surface area contributed by atoms with Gasteiger partial charge in [0.05, 0.1) is 18.4 Å². The molecule has 1 aromatic heterocycles. The SMILES string of the molecule is CCn1ncc(N)c1C(=O)N1CCCNC(=O)C1. The zero-order chi connectivity index (χ0) is 13.1. The first kappa shape index (κ1) is 12.4. The Morgan fingerprint density at radius 2 is 2.39 bits per heavy atom. The number of rotatable bonds is 2. The van der Waals surface area contributed by atoms with Crippen LogP contribution in [-0.4, -0.2) is 46.1 Å². The zero-order valence-electron chi connectivity index (χ0n) is 10.3. The van der Waals surface area contributed by atoms with Crippen LogP contribution in [0.25, 0.3) is 0 Å². The summed E-state index contributed by atoms with van der Waals surface area (Å²) < 4.78 is 1.56. The molecule has 0 bridgehead atoms. The van der Waals surface area contributed by atoms with Crippen molar-refractivity contribution in [2.45, 2.75) is 19.9 Å². The molecule has 0 saturated carbocycles. The summed E-state index contributed by atoms with van der Waals surface area (Å²) in [5.41, 5.74) is 6.49. The molecular weight excluding hydrogens is 234 g/mol. The van der Waals surface area contributed by atoms with Crippen LogP contribution in [0.3, 0.4) is 0 Å². The number of nitrogens with two attached hydrogens (primary N) is 1. The number of hydrogen-bond acceptors (Lipinski definition) is 4. The number of amides is 2. The van der Waals surface area contributed by atoms with Crippen LogP contribution in [0.1, 0.15) is 23.8 Å². The molecule has 18 heavy (non-hydrogen) atoms. The Bertz CT molecular complexity index is 468. The van der Waals surface area contributed by atoms with E-state index in [0.717, 1.165) is 6.42 Å². The third kappa shape index (κ3) is 2.29. The largest absolute Gasteiger partial charge is 0.396 e. The van der Waals surface area contributed by atoms with Crippen LogP contribution < -0.4 is 11.1 Å². The Morgan fingerprint density at radius 3 is 3.11 bits per heavy atom. The van der Waals surface area contributed by atoms with E-state index < -0.39 is 0 Å². The van der Waals surface area contributed by atoms with Crippen molar-refractivity contribution < 1.29 is 9.59 Å². The second-order valence-corrected chi connectivity index (χ2v) is 4.19. The van der Waals surface area contributed by atoms with Gasteiger partial charge in [-0.3, -0.25) is 14.3 Å². The molecule has 7 nitrogen and oxygen atoms in total. The van der Waals surface area contributed by atoms with E-state index in [1.165, 1.54) is 11.1 Å². The maximum Gasteiger partial charge on any atom is 0.274 e. The number of anilines is 1. The van der Waals surface area contributed by atoms with Crippen molar-refractivity contribution >= 4 is 17.5 Å². The summed E-state index contributed by atoms with van der Waals surface area (Å²) in [7, 11) is 0. The summed E-state index contributed by atoms with van der Waals surface area (Å²) in [6, 6.07) is 0. The van der Waals surface area contributed by atoms with E-state index in [1.54, 1.807) is 4.68 Å². The summed E-state index contributed by atoms with van der Waals surface area (Å²) in [4.78, 5) is 25.3. The van der Waals surface area contributed by atoms with E-state index in [9.17, 15) is 9.59 Å². The molecule has 2 amide bonds. The lowest BCUT2D eigenvalue weighted by molar-refractivity contribution is -0.121. The lowest BCUT2D eigenvalue weighted by Crippen LogP contribution is -2.38. The van der Waals surface area contributed by atoms with Gasteiger partial charge in [-0.2, -0.15) is 5.10 Å². The molecule has 0 atom stereocenters. The molecule has 0 aromatic carbocycles. The predicted octanol–water partition coefficient (Wildman–Crippen LogP) is -0.553. The lowest BCUT2D eigenvalue weighted by Gasteiger charge is -2.19. The Kier molecular flexibility index (Phi) is 3.50. The number of nitrogens with one attached hydrogen (secondary N) is 1. The number of nitrogen functional groups attached to an aromatic ring is 1. The van der Waals surface area contributed by atoms with Crippen LogP contribution >= 0.6 is 0 Å². The molecule has 2 heterocycles. The first-order valence-electron chi connectivity index (χ1n) is 6.00. The van der Waals surface area contributed by atoms with Gasteiger partial charge in [-0.05, 0) is 13.3 Å². The molecule has 3 N–H and O–H groups in total. The molecule has 0 spiro atoms. The molecule has 7 heteroatoms. The van der Waals surface area contributed by atoms with Gasteiger partial charge in [0.1, 0.15) is 5.69 Å². The van der Waals surface area contributed by atoms with Crippen LogP contribution in [0.15, 0.2) is 6.20 Å². The minimum atomic E-state index is -0.232. The molecule has 0 unspecified atom stereocenters. The van der Waals surface area contributed by atoms with Gasteiger partial charge in [-0.15, -0.1) is 0 Å². The van der Waals surface area contributed by atoms with Crippen LogP contribution in [0.2, 0.25) is 0 Å². The second-order valence-electron chi connectivity index (χ2n) is 4.19. The molecule has 1 aliphatic rings. The van der Waals surface area contributed by atoms with E-state index in [0.29, 0.717) is 31.0 Å². The van der Waals surface area contributed by atoms with Gasteiger partial charge < -0.3 is 16.0 Å². The van der Waals surface area contributed by atoms with Gasteiger partial charge in [0, 0.05) is 19.6 Å². The van der Waals surface area contributed by atoms with Crippen LogP contribution in [-0.2, 0) is 11.3 Å². The van der Waals surface area contributed by atoms with E-state index in [2.05, 4.69) is 10.4 Å². The monoisotopic (exact) mass is 251 g/mol. The van der Waals surface area contributed by atoms with Crippen LogP contribution in [0.4, 0.5) is 5.69 Å². The van der Waals surface area contributed by atoms with Gasteiger partial charge >= 0.3 is 0 Å². The van der Waals surface area contributed by atoms with Crippen molar-refractivity contribution in [3.63, 3.8) is 0 Å². The summed E-state index contributed by atoms with van der Waals surface area (Å²) >= 11 is 0. The topological polar surface area (TPSA) is 93.2 Å². The maximum atomic E-state index is 12.4. The fourth-order valence-electron chi connectivity index (χ4n) is 2.00. The number of hydrogen-bond donors (Lipinski definition) is 2. The summed E-state index contributed by atoms with van der Waals surface area (Å²) in [5, 5.41) is 6.77. The van der Waals surface area contributed by atoms with Crippen molar-refractivity contribution in [3.8, 4) is 0 Å². The fourth-order valence-corrected chi connectivity index (χ4v) is 2.00. The van der Waals surface area contributed by atoms with Crippen molar-refractivity contribution in [2.24, 2.45) is 0 Å². The number of aryl methyl sites for hydroxylation is 1. The Morgan fingerprint density at radius 1 is 1.61 bits per heavy atom. The number of nitrogens with zero attached hydrogens (tertiary/aromatic N) is 3. The maximum absolute atomic E-state index is 12.4. The summed E-state index contributed by atoms with van der Waals surface area (Å²) in [6.45, 7) is 3.68. The fraction of sp³-hybridized carbons (Fsp3) is 0.545. The van der Waals surface area contributed by atoms with Crippen LogP contribution in [0.5, 0.6) is 0 Å². The number of carbonyl (C=O) groups excluding carboxylic acids is 2. The standard InChI is InChI=1S/C11H17N5O2/c1-2-16-10(8(12)6-14-16)11(18)15-5-3-4-13-9(17)7-15/h6H,2-5,7,12H2,1H3,(H,13,17). The summed E-state index contributed by atoms with van der Waals surface area (Å²) in [6.07, 6.45) is 2.21. The quantitative estimate of drug-likeness (QED) is 0.737. The first-order chi connectivity index (χ1) is 8.63. The van der Waals surface area contributed by atoms with Crippen molar-refractivity contribution in [3.05, 3.63) is 11.9 Å². The van der Waals surface area contributed by atoms with E-state index in [-0.39, 0.29) is 18.4 Å². The lowest BCUT2D eigenvalue weighted by atomic mass is 10.3. The molecule has 1 saturated heterocycles. The van der Waals surface area contributed by atoms with Gasteiger partial charge in [-0.1, -0.05) is 0 Å². The zero-order valence-corrected chi connectivity index (χ0v) is 10.3. The smallest absolute Gasteiger partial charge is 0.274 e. The van der Waals surface area contributed by atoms with Crippen molar-refractivity contribution in [1.82, 2.24) is 20.0 Å². The minimum absolute atomic E-state index is 0.0766. The average molecular weight is 251 g/mol. The van der Waals surface area contributed by atoms with Crippen molar-refractivity contribution in [2.75, 3.05) is 25.4 Å². The molecule has 2 rings (SSSR count). The van der Waals surface area contributed by atoms with Crippen LogP contribution in [0, 0.1) is 0 Å². The third-order valence-electron chi connectivity index (χ3n) is 2.92.